The number of amides is 1. The van der Waals surface area contributed by atoms with Crippen LogP contribution >= 0.6 is 0 Å². The molecule has 4 aromatic rings. The van der Waals surface area contributed by atoms with Gasteiger partial charge in [0.15, 0.2) is 11.2 Å². The van der Waals surface area contributed by atoms with Crippen molar-refractivity contribution < 1.29 is 4.79 Å². The lowest BCUT2D eigenvalue weighted by molar-refractivity contribution is -0.118. The van der Waals surface area contributed by atoms with E-state index in [9.17, 15) is 9.59 Å². The Kier molecular flexibility index (Phi) is 5.15. The fourth-order valence-electron chi connectivity index (χ4n) is 4.17. The zero-order valence-corrected chi connectivity index (χ0v) is 18.7. The Morgan fingerprint density at radius 1 is 1.24 bits per heavy atom. The summed E-state index contributed by atoms with van der Waals surface area (Å²) in [6.07, 6.45) is 7.30. The van der Waals surface area contributed by atoms with Gasteiger partial charge < -0.3 is 14.8 Å². The minimum Gasteiger partial charge on any atom is -0.338 e. The van der Waals surface area contributed by atoms with E-state index >= 15 is 0 Å². The van der Waals surface area contributed by atoms with E-state index in [0.717, 1.165) is 30.9 Å². The monoisotopic (exact) mass is 447 g/mol. The van der Waals surface area contributed by atoms with E-state index in [1.54, 1.807) is 37.0 Å². The van der Waals surface area contributed by atoms with Gasteiger partial charge in [-0.15, -0.1) is 0 Å². The molecule has 170 valence electrons. The fourth-order valence-corrected chi connectivity index (χ4v) is 4.17. The van der Waals surface area contributed by atoms with Crippen molar-refractivity contribution in [2.75, 3.05) is 16.8 Å². The molecule has 1 saturated heterocycles. The first-order valence-corrected chi connectivity index (χ1v) is 10.9. The molecule has 2 N–H and O–H groups in total. The molecule has 0 saturated carbocycles. The van der Waals surface area contributed by atoms with Crippen LogP contribution in [0.3, 0.4) is 0 Å². The third-order valence-electron chi connectivity index (χ3n) is 6.12. The summed E-state index contributed by atoms with van der Waals surface area (Å²) >= 11 is 0. The summed E-state index contributed by atoms with van der Waals surface area (Å²) in [6, 6.07) is 5.16. The summed E-state index contributed by atoms with van der Waals surface area (Å²) in [6.45, 7) is 4.86. The number of hydrogen-bond donors (Lipinski definition) is 2. The first kappa shape index (κ1) is 20.9. The van der Waals surface area contributed by atoms with Crippen LogP contribution in [0.2, 0.25) is 0 Å². The molecule has 0 bridgehead atoms. The average molecular weight is 448 g/mol. The normalized spacial score (nSPS) is 16.9. The molecule has 1 amide bonds. The predicted molar refractivity (Wildman–Crippen MR) is 124 cm³/mol. The number of imidazole rings is 1. The molecular weight excluding hydrogens is 422 g/mol. The smallest absolute Gasteiger partial charge is 0.292 e. The van der Waals surface area contributed by atoms with Gasteiger partial charge in [-0.1, -0.05) is 6.07 Å². The Hall–Kier alpha value is -4.02. The summed E-state index contributed by atoms with van der Waals surface area (Å²) < 4.78 is 2.89. The number of anilines is 2. The highest BCUT2D eigenvalue weighted by molar-refractivity contribution is 5.93. The highest BCUT2D eigenvalue weighted by Gasteiger charge is 2.23. The van der Waals surface area contributed by atoms with Gasteiger partial charge in [-0.3, -0.25) is 19.4 Å². The van der Waals surface area contributed by atoms with Crippen LogP contribution in [0.25, 0.3) is 22.4 Å². The number of rotatable bonds is 5. The highest BCUT2D eigenvalue weighted by Crippen LogP contribution is 2.24. The number of fused-ring (bicyclic) bond motifs is 1. The number of aromatic amines is 1. The SMILES string of the molecule is C[C@@H]1CCCN1c1ncc(-c2cccc(NC(=O)[C@H](C)n3cnc4[nH]n(C)c(=O)c43)n2)cn1. The van der Waals surface area contributed by atoms with Crippen LogP contribution < -0.4 is 15.8 Å². The van der Waals surface area contributed by atoms with Crippen molar-refractivity contribution in [2.45, 2.75) is 38.8 Å². The van der Waals surface area contributed by atoms with Crippen LogP contribution in [-0.2, 0) is 11.8 Å². The molecule has 1 aliphatic heterocycles. The van der Waals surface area contributed by atoms with Crippen molar-refractivity contribution in [3.05, 3.63) is 47.3 Å². The van der Waals surface area contributed by atoms with Gasteiger partial charge in [0.25, 0.3) is 5.56 Å². The van der Waals surface area contributed by atoms with Gasteiger partial charge >= 0.3 is 0 Å². The maximum Gasteiger partial charge on any atom is 0.292 e. The molecule has 5 rings (SSSR count). The second-order valence-corrected chi connectivity index (χ2v) is 8.35. The van der Waals surface area contributed by atoms with Crippen LogP contribution in [0.5, 0.6) is 0 Å². The van der Waals surface area contributed by atoms with Gasteiger partial charge in [-0.05, 0) is 38.8 Å². The number of H-pyrrole nitrogens is 1. The first-order valence-electron chi connectivity index (χ1n) is 10.9. The number of carbonyl (C=O) groups is 1. The number of pyridine rings is 1. The van der Waals surface area contributed by atoms with Crippen LogP contribution in [0.15, 0.2) is 41.7 Å². The van der Waals surface area contributed by atoms with E-state index in [-0.39, 0.29) is 11.5 Å². The number of hydrogen-bond acceptors (Lipinski definition) is 7. The lowest BCUT2D eigenvalue weighted by Crippen LogP contribution is -2.28. The first-order chi connectivity index (χ1) is 15.9. The maximum absolute atomic E-state index is 12.9. The summed E-state index contributed by atoms with van der Waals surface area (Å²) in [4.78, 5) is 45.2. The number of aryl methyl sites for hydroxylation is 1. The molecule has 11 nitrogen and oxygen atoms in total. The zero-order valence-electron chi connectivity index (χ0n) is 18.7. The molecule has 33 heavy (non-hydrogen) atoms. The Labute approximate surface area is 189 Å². The summed E-state index contributed by atoms with van der Waals surface area (Å²) in [5.74, 6) is 0.821. The van der Waals surface area contributed by atoms with Crippen molar-refractivity contribution in [1.82, 2.24) is 34.3 Å². The van der Waals surface area contributed by atoms with Gasteiger partial charge in [0, 0.05) is 37.6 Å². The van der Waals surface area contributed by atoms with Crippen LogP contribution in [0, 0.1) is 0 Å². The van der Waals surface area contributed by atoms with Gasteiger partial charge in [0.2, 0.25) is 11.9 Å². The Morgan fingerprint density at radius 2 is 2.03 bits per heavy atom. The number of aromatic nitrogens is 7. The third kappa shape index (κ3) is 3.75. The van der Waals surface area contributed by atoms with Gasteiger partial charge in [-0.25, -0.2) is 19.9 Å². The van der Waals surface area contributed by atoms with Crippen molar-refractivity contribution in [1.29, 1.82) is 0 Å². The largest absolute Gasteiger partial charge is 0.338 e. The third-order valence-corrected chi connectivity index (χ3v) is 6.12. The van der Waals surface area contributed by atoms with Crippen molar-refractivity contribution >= 4 is 28.8 Å². The molecule has 2 atom stereocenters. The van der Waals surface area contributed by atoms with E-state index < -0.39 is 6.04 Å². The van der Waals surface area contributed by atoms with E-state index in [0.29, 0.717) is 28.7 Å². The minimum absolute atomic E-state index is 0.242. The van der Waals surface area contributed by atoms with Crippen molar-refractivity contribution in [3.8, 4) is 11.3 Å². The molecule has 1 fully saturated rings. The molecule has 0 aromatic carbocycles. The van der Waals surface area contributed by atoms with Crippen molar-refractivity contribution in [3.63, 3.8) is 0 Å². The lowest BCUT2D eigenvalue weighted by atomic mass is 10.2. The standard InChI is InChI=1S/C22H25N9O2/c1-13-6-5-9-30(13)22-23-10-15(11-24-22)16-7-4-8-17(26-16)27-20(32)14(2)31-12-25-19-18(31)21(33)29(3)28-19/h4,7-8,10-14,28H,5-6,9H2,1-3H3,(H,26,27,32)/t13-,14+/m1/s1. The van der Waals surface area contributed by atoms with Crippen molar-refractivity contribution in [2.24, 2.45) is 7.05 Å². The fraction of sp³-hybridized carbons (Fsp3) is 0.364. The Morgan fingerprint density at radius 3 is 2.76 bits per heavy atom. The topological polar surface area (TPSA) is 127 Å². The maximum atomic E-state index is 12.9. The number of nitrogens with zero attached hydrogens (tertiary/aromatic N) is 7. The summed E-state index contributed by atoms with van der Waals surface area (Å²) in [5, 5.41) is 5.68. The quantitative estimate of drug-likeness (QED) is 0.480. The molecule has 0 spiro atoms. The molecule has 1 aliphatic rings. The van der Waals surface area contributed by atoms with Crippen LogP contribution in [0.4, 0.5) is 11.8 Å². The molecule has 4 aromatic heterocycles. The minimum atomic E-state index is -0.658. The Balaban J connectivity index is 1.34. The summed E-state index contributed by atoms with van der Waals surface area (Å²) in [7, 11) is 1.61. The predicted octanol–water partition coefficient (Wildman–Crippen LogP) is 2.10. The van der Waals surface area contributed by atoms with Crippen LogP contribution in [-0.4, -0.2) is 52.8 Å². The molecule has 11 heteroatoms. The average Bonchev–Trinajstić information content (AvgIpc) is 3.51. The Bertz CT molecular complexity index is 1370. The molecular formula is C22H25N9O2. The number of carbonyl (C=O) groups excluding carboxylic acids is 1. The van der Waals surface area contributed by atoms with E-state index in [4.69, 9.17) is 0 Å². The number of nitrogens with one attached hydrogen (secondary N) is 2. The lowest BCUT2D eigenvalue weighted by Gasteiger charge is -2.21. The summed E-state index contributed by atoms with van der Waals surface area (Å²) in [5.41, 5.74) is 1.97. The van der Waals surface area contributed by atoms with Gasteiger partial charge in [0.05, 0.1) is 12.0 Å². The second kappa shape index (κ2) is 8.15. The second-order valence-electron chi connectivity index (χ2n) is 8.35. The molecule has 0 unspecified atom stereocenters. The van der Waals surface area contributed by atoms with Gasteiger partial charge in [-0.2, -0.15) is 0 Å². The van der Waals surface area contributed by atoms with Crippen LogP contribution in [0.1, 0.15) is 32.7 Å². The molecule has 5 heterocycles. The molecule has 0 aliphatic carbocycles. The van der Waals surface area contributed by atoms with E-state index in [1.807, 2.05) is 12.1 Å². The highest BCUT2D eigenvalue weighted by atomic mass is 16.2. The van der Waals surface area contributed by atoms with Gasteiger partial charge in [0.1, 0.15) is 11.9 Å². The van der Waals surface area contributed by atoms with E-state index in [2.05, 4.69) is 42.2 Å². The molecule has 0 radical (unpaired) electrons. The zero-order chi connectivity index (χ0) is 23.1. The van der Waals surface area contributed by atoms with E-state index in [1.165, 1.54) is 11.0 Å².